The van der Waals surface area contributed by atoms with Gasteiger partial charge in [0.15, 0.2) is 0 Å². The molecule has 2 amide bonds. The highest BCUT2D eigenvalue weighted by Gasteiger charge is 2.67. The number of amides is 2. The summed E-state index contributed by atoms with van der Waals surface area (Å²) in [7, 11) is 0. The Labute approximate surface area is 160 Å². The van der Waals surface area contributed by atoms with Crippen LogP contribution in [0.15, 0.2) is 35.4 Å². The van der Waals surface area contributed by atoms with Gasteiger partial charge in [-0.25, -0.2) is 5.01 Å². The molecule has 1 saturated carbocycles. The smallest absolute Gasteiger partial charge is 0.243 e. The molecule has 0 bridgehead atoms. The Morgan fingerprint density at radius 2 is 1.96 bits per heavy atom. The van der Waals surface area contributed by atoms with E-state index >= 15 is 0 Å². The number of hydrogen-bond acceptors (Lipinski definition) is 4. The minimum absolute atomic E-state index is 0.0244. The molecule has 1 aromatic rings. The minimum atomic E-state index is -0.251. The molecule has 6 nitrogen and oxygen atoms in total. The molecule has 3 aliphatic rings. The van der Waals surface area contributed by atoms with E-state index in [1.807, 2.05) is 30.3 Å². The fraction of sp³-hybridized carbons (Fsp3) is 0.571. The largest absolute Gasteiger partial charge is 0.354 e. The molecule has 1 spiro atoms. The normalized spacial score (nSPS) is 26.6. The van der Waals surface area contributed by atoms with Crippen LogP contribution in [0.2, 0.25) is 0 Å². The maximum atomic E-state index is 12.7. The van der Waals surface area contributed by atoms with Crippen LogP contribution >= 0.6 is 0 Å². The Balaban J connectivity index is 1.33. The third-order valence-corrected chi connectivity index (χ3v) is 6.62. The first-order chi connectivity index (χ1) is 13.0. The fourth-order valence-electron chi connectivity index (χ4n) is 4.67. The van der Waals surface area contributed by atoms with Gasteiger partial charge in [0.1, 0.15) is 0 Å². The number of piperidine rings is 1. The van der Waals surface area contributed by atoms with E-state index in [2.05, 4.69) is 22.7 Å². The average molecular weight is 368 g/mol. The van der Waals surface area contributed by atoms with Crippen LogP contribution in [0.5, 0.6) is 0 Å². The lowest BCUT2D eigenvalue weighted by Crippen LogP contribution is -2.42. The third kappa shape index (κ3) is 3.38. The fourth-order valence-corrected chi connectivity index (χ4v) is 4.67. The number of rotatable bonds is 5. The van der Waals surface area contributed by atoms with E-state index in [0.29, 0.717) is 25.9 Å². The van der Waals surface area contributed by atoms with Crippen molar-refractivity contribution in [2.45, 2.75) is 39.0 Å². The molecule has 2 N–H and O–H groups in total. The number of hydrazone groups is 1. The highest BCUT2D eigenvalue weighted by molar-refractivity contribution is 6.04. The van der Waals surface area contributed by atoms with Crippen molar-refractivity contribution < 1.29 is 9.59 Å². The average Bonchev–Trinajstić information content (AvgIpc) is 3.28. The number of carbonyl (C=O) groups excluding carboxylic acids is 2. The summed E-state index contributed by atoms with van der Waals surface area (Å²) in [6.45, 7) is 4.96. The molecular weight excluding hydrogens is 340 g/mol. The molecular formula is C21H28N4O2. The van der Waals surface area contributed by atoms with Gasteiger partial charge in [0.25, 0.3) is 0 Å². The molecule has 0 radical (unpaired) electrons. The van der Waals surface area contributed by atoms with Crippen molar-refractivity contribution in [3.05, 3.63) is 35.9 Å². The van der Waals surface area contributed by atoms with Crippen molar-refractivity contribution in [2.75, 3.05) is 26.2 Å². The van der Waals surface area contributed by atoms with E-state index in [-0.39, 0.29) is 22.6 Å². The first-order valence-electron chi connectivity index (χ1n) is 9.96. The van der Waals surface area contributed by atoms with Crippen LogP contribution < -0.4 is 10.6 Å². The van der Waals surface area contributed by atoms with Gasteiger partial charge in [-0.05, 0) is 43.3 Å². The van der Waals surface area contributed by atoms with E-state index in [0.717, 1.165) is 43.6 Å². The van der Waals surface area contributed by atoms with E-state index < -0.39 is 0 Å². The number of nitrogens with one attached hydrogen (secondary N) is 2. The quantitative estimate of drug-likeness (QED) is 0.834. The molecule has 4 rings (SSSR count). The summed E-state index contributed by atoms with van der Waals surface area (Å²) in [6, 6.07) is 9.96. The maximum absolute atomic E-state index is 12.7. The Kier molecular flexibility index (Phi) is 4.76. The van der Waals surface area contributed by atoms with Gasteiger partial charge in [-0.1, -0.05) is 37.3 Å². The first kappa shape index (κ1) is 18.2. The summed E-state index contributed by atoms with van der Waals surface area (Å²) < 4.78 is 0. The molecule has 6 heteroatoms. The molecule has 2 fully saturated rings. The van der Waals surface area contributed by atoms with Gasteiger partial charge in [-0.2, -0.15) is 5.10 Å². The van der Waals surface area contributed by atoms with Crippen LogP contribution in [0, 0.1) is 10.8 Å². The van der Waals surface area contributed by atoms with Crippen LogP contribution in [-0.4, -0.2) is 48.7 Å². The van der Waals surface area contributed by atoms with Crippen molar-refractivity contribution in [3.63, 3.8) is 0 Å². The SMILES string of the molecule is CC1(C(=O)NCCN2N=C(c3ccccc3)CCC2=O)CC12CCNCC2. The van der Waals surface area contributed by atoms with E-state index in [4.69, 9.17) is 0 Å². The molecule has 27 heavy (non-hydrogen) atoms. The van der Waals surface area contributed by atoms with Crippen LogP contribution in [0.25, 0.3) is 0 Å². The summed E-state index contributed by atoms with van der Waals surface area (Å²) in [4.78, 5) is 24.9. The lowest BCUT2D eigenvalue weighted by Gasteiger charge is -2.27. The van der Waals surface area contributed by atoms with Crippen molar-refractivity contribution in [3.8, 4) is 0 Å². The molecule has 1 aromatic carbocycles. The summed E-state index contributed by atoms with van der Waals surface area (Å²) in [6.07, 6.45) is 4.26. The van der Waals surface area contributed by atoms with Crippen LogP contribution in [0.1, 0.15) is 44.6 Å². The van der Waals surface area contributed by atoms with E-state index in [9.17, 15) is 9.59 Å². The molecule has 1 unspecified atom stereocenters. The lowest BCUT2D eigenvalue weighted by atomic mass is 9.85. The van der Waals surface area contributed by atoms with Crippen molar-refractivity contribution in [1.82, 2.24) is 15.6 Å². The second kappa shape index (κ2) is 7.08. The maximum Gasteiger partial charge on any atom is 0.243 e. The minimum Gasteiger partial charge on any atom is -0.354 e. The van der Waals surface area contributed by atoms with Crippen molar-refractivity contribution in [1.29, 1.82) is 0 Å². The predicted molar refractivity (Wildman–Crippen MR) is 104 cm³/mol. The van der Waals surface area contributed by atoms with Crippen LogP contribution in [-0.2, 0) is 9.59 Å². The van der Waals surface area contributed by atoms with Gasteiger partial charge in [0.2, 0.25) is 11.8 Å². The topological polar surface area (TPSA) is 73.8 Å². The van der Waals surface area contributed by atoms with E-state index in [1.54, 1.807) is 0 Å². The molecule has 1 atom stereocenters. The van der Waals surface area contributed by atoms with Crippen molar-refractivity contribution >= 4 is 17.5 Å². The standard InChI is InChI=1S/C21H28N4O2/c1-20(15-21(20)9-11-22-12-10-21)19(27)23-13-14-25-18(26)8-7-17(24-25)16-5-3-2-4-6-16/h2-6,22H,7-15H2,1H3,(H,23,27). The van der Waals surface area contributed by atoms with Gasteiger partial charge in [-0.15, -0.1) is 0 Å². The van der Waals surface area contributed by atoms with Crippen LogP contribution in [0.3, 0.4) is 0 Å². The summed E-state index contributed by atoms with van der Waals surface area (Å²) in [5.74, 6) is 0.150. The molecule has 1 aliphatic carbocycles. The second-order valence-electron chi connectivity index (χ2n) is 8.22. The summed E-state index contributed by atoms with van der Waals surface area (Å²) in [5, 5.41) is 12.5. The number of benzene rings is 1. The van der Waals surface area contributed by atoms with Gasteiger partial charge in [-0.3, -0.25) is 9.59 Å². The Morgan fingerprint density at radius 3 is 2.70 bits per heavy atom. The predicted octanol–water partition coefficient (Wildman–Crippen LogP) is 1.91. The van der Waals surface area contributed by atoms with Crippen LogP contribution in [0.4, 0.5) is 0 Å². The zero-order valence-electron chi connectivity index (χ0n) is 16.0. The highest BCUT2D eigenvalue weighted by Crippen LogP contribution is 2.68. The monoisotopic (exact) mass is 368 g/mol. The highest BCUT2D eigenvalue weighted by atomic mass is 16.2. The molecule has 0 aromatic heterocycles. The number of nitrogens with zero attached hydrogens (tertiary/aromatic N) is 2. The Hall–Kier alpha value is -2.21. The van der Waals surface area contributed by atoms with Gasteiger partial charge < -0.3 is 10.6 Å². The van der Waals surface area contributed by atoms with Gasteiger partial charge >= 0.3 is 0 Å². The molecule has 2 aliphatic heterocycles. The third-order valence-electron chi connectivity index (χ3n) is 6.62. The first-order valence-corrected chi connectivity index (χ1v) is 9.96. The summed E-state index contributed by atoms with van der Waals surface area (Å²) in [5.41, 5.74) is 1.92. The zero-order valence-corrected chi connectivity index (χ0v) is 16.0. The van der Waals surface area contributed by atoms with Gasteiger partial charge in [0.05, 0.1) is 17.7 Å². The zero-order chi connectivity index (χ0) is 18.9. The Bertz CT molecular complexity index is 755. The lowest BCUT2D eigenvalue weighted by molar-refractivity contribution is -0.132. The number of carbonyl (C=O) groups is 2. The number of hydrogen-bond donors (Lipinski definition) is 2. The molecule has 144 valence electrons. The van der Waals surface area contributed by atoms with Crippen molar-refractivity contribution in [2.24, 2.45) is 15.9 Å². The second-order valence-corrected chi connectivity index (χ2v) is 8.22. The summed E-state index contributed by atoms with van der Waals surface area (Å²) >= 11 is 0. The molecule has 1 saturated heterocycles. The Morgan fingerprint density at radius 1 is 1.22 bits per heavy atom. The van der Waals surface area contributed by atoms with Gasteiger partial charge in [0, 0.05) is 19.4 Å². The van der Waals surface area contributed by atoms with E-state index in [1.165, 1.54) is 5.01 Å². The molecule has 2 heterocycles.